The standard InChI is InChI=1S/C27H27NO3/c1-17(2)26(27(29)31-4)28-22-15-13-18-9-5-7-11-20(18)24(22)25-21-12-8-6-10-19(21)14-16-23(25)30-3/h5-17,26,28H,1-4H3/t26-/m0/s1. The van der Waals surface area contributed by atoms with E-state index < -0.39 is 6.04 Å². The van der Waals surface area contributed by atoms with Crippen LogP contribution in [0.25, 0.3) is 32.7 Å². The van der Waals surface area contributed by atoms with Crippen LogP contribution in [0, 0.1) is 5.92 Å². The number of carbonyl (C=O) groups is 1. The van der Waals surface area contributed by atoms with Crippen LogP contribution in [-0.2, 0) is 9.53 Å². The highest BCUT2D eigenvalue weighted by Gasteiger charge is 2.25. The van der Waals surface area contributed by atoms with E-state index in [1.807, 2.05) is 50.2 Å². The van der Waals surface area contributed by atoms with Crippen molar-refractivity contribution < 1.29 is 14.3 Å². The maximum atomic E-state index is 12.5. The van der Waals surface area contributed by atoms with Gasteiger partial charge in [0.15, 0.2) is 0 Å². The minimum absolute atomic E-state index is 0.0567. The lowest BCUT2D eigenvalue weighted by Gasteiger charge is -2.25. The Morgan fingerprint density at radius 1 is 0.774 bits per heavy atom. The van der Waals surface area contributed by atoms with Crippen LogP contribution in [-0.4, -0.2) is 26.2 Å². The predicted octanol–water partition coefficient (Wildman–Crippen LogP) is 6.28. The van der Waals surface area contributed by atoms with Gasteiger partial charge in [0.05, 0.1) is 14.2 Å². The second kappa shape index (κ2) is 8.68. The molecule has 4 rings (SSSR count). The van der Waals surface area contributed by atoms with Crippen molar-refractivity contribution in [3.63, 3.8) is 0 Å². The summed E-state index contributed by atoms with van der Waals surface area (Å²) >= 11 is 0. The molecule has 0 fully saturated rings. The number of fused-ring (bicyclic) bond motifs is 2. The molecule has 0 heterocycles. The Balaban J connectivity index is 2.05. The number of nitrogens with one attached hydrogen (secondary N) is 1. The average Bonchev–Trinajstić information content (AvgIpc) is 2.80. The molecule has 31 heavy (non-hydrogen) atoms. The maximum Gasteiger partial charge on any atom is 0.328 e. The lowest BCUT2D eigenvalue weighted by molar-refractivity contribution is -0.142. The summed E-state index contributed by atoms with van der Waals surface area (Å²) in [4.78, 5) is 12.5. The summed E-state index contributed by atoms with van der Waals surface area (Å²) in [6.07, 6.45) is 0. The first-order chi connectivity index (χ1) is 15.0. The molecule has 0 aliphatic rings. The van der Waals surface area contributed by atoms with Gasteiger partial charge in [0.2, 0.25) is 0 Å². The number of anilines is 1. The molecule has 0 bridgehead atoms. The van der Waals surface area contributed by atoms with E-state index in [0.29, 0.717) is 0 Å². The maximum absolute atomic E-state index is 12.5. The van der Waals surface area contributed by atoms with Gasteiger partial charge in [0.25, 0.3) is 0 Å². The van der Waals surface area contributed by atoms with E-state index in [0.717, 1.165) is 44.1 Å². The van der Waals surface area contributed by atoms with Crippen molar-refractivity contribution in [3.8, 4) is 16.9 Å². The molecule has 0 aliphatic heterocycles. The fraction of sp³-hybridized carbons (Fsp3) is 0.222. The molecule has 4 heteroatoms. The average molecular weight is 414 g/mol. The first kappa shape index (κ1) is 20.7. The van der Waals surface area contributed by atoms with Crippen molar-refractivity contribution in [2.75, 3.05) is 19.5 Å². The first-order valence-corrected chi connectivity index (χ1v) is 10.5. The van der Waals surface area contributed by atoms with Crippen molar-refractivity contribution in [1.29, 1.82) is 0 Å². The van der Waals surface area contributed by atoms with E-state index >= 15 is 0 Å². The SMILES string of the molecule is COC(=O)[C@@H](Nc1ccc2ccccc2c1-c1c(OC)ccc2ccccc12)C(C)C. The lowest BCUT2D eigenvalue weighted by atomic mass is 9.91. The zero-order valence-electron chi connectivity index (χ0n) is 18.3. The third kappa shape index (κ3) is 3.81. The highest BCUT2D eigenvalue weighted by Crippen LogP contribution is 2.44. The van der Waals surface area contributed by atoms with Crippen molar-refractivity contribution in [2.24, 2.45) is 5.92 Å². The Morgan fingerprint density at radius 2 is 1.35 bits per heavy atom. The molecular weight excluding hydrogens is 386 g/mol. The lowest BCUT2D eigenvalue weighted by Crippen LogP contribution is -2.35. The molecule has 0 aliphatic carbocycles. The van der Waals surface area contributed by atoms with Crippen LogP contribution in [0.4, 0.5) is 5.69 Å². The monoisotopic (exact) mass is 413 g/mol. The number of ether oxygens (including phenoxy) is 2. The Kier molecular flexibility index (Phi) is 5.81. The molecule has 158 valence electrons. The molecule has 0 radical (unpaired) electrons. The molecule has 4 nitrogen and oxygen atoms in total. The topological polar surface area (TPSA) is 47.6 Å². The van der Waals surface area contributed by atoms with Gasteiger partial charge in [-0.05, 0) is 39.6 Å². The fourth-order valence-corrected chi connectivity index (χ4v) is 4.13. The largest absolute Gasteiger partial charge is 0.496 e. The van der Waals surface area contributed by atoms with Gasteiger partial charge in [-0.2, -0.15) is 0 Å². The molecule has 4 aromatic carbocycles. The molecule has 0 saturated carbocycles. The molecule has 0 aromatic heterocycles. The molecule has 0 unspecified atom stereocenters. The number of methoxy groups -OCH3 is 2. The van der Waals surface area contributed by atoms with Crippen LogP contribution < -0.4 is 10.1 Å². The molecule has 1 atom stereocenters. The zero-order chi connectivity index (χ0) is 22.0. The number of esters is 1. The van der Waals surface area contributed by atoms with Gasteiger partial charge in [-0.25, -0.2) is 4.79 Å². The highest BCUT2D eigenvalue weighted by molar-refractivity contribution is 6.12. The molecular formula is C27H27NO3. The quantitative estimate of drug-likeness (QED) is 0.378. The second-order valence-electron chi connectivity index (χ2n) is 7.96. The van der Waals surface area contributed by atoms with Crippen molar-refractivity contribution in [2.45, 2.75) is 19.9 Å². The Hall–Kier alpha value is -3.53. The number of benzene rings is 4. The summed E-state index contributed by atoms with van der Waals surface area (Å²) < 4.78 is 10.9. The first-order valence-electron chi connectivity index (χ1n) is 10.5. The van der Waals surface area contributed by atoms with E-state index in [1.165, 1.54) is 7.11 Å². The van der Waals surface area contributed by atoms with Crippen molar-refractivity contribution >= 4 is 33.2 Å². The smallest absolute Gasteiger partial charge is 0.328 e. The number of hydrogen-bond acceptors (Lipinski definition) is 4. The van der Waals surface area contributed by atoms with Crippen LogP contribution in [0.2, 0.25) is 0 Å². The zero-order valence-corrected chi connectivity index (χ0v) is 18.3. The Morgan fingerprint density at radius 3 is 1.94 bits per heavy atom. The van der Waals surface area contributed by atoms with Crippen molar-refractivity contribution in [1.82, 2.24) is 0 Å². The summed E-state index contributed by atoms with van der Waals surface area (Å²) in [6.45, 7) is 4.02. The van der Waals surface area contributed by atoms with Crippen LogP contribution >= 0.6 is 0 Å². The van der Waals surface area contributed by atoms with Gasteiger partial charge in [-0.1, -0.05) is 74.5 Å². The number of rotatable bonds is 6. The van der Waals surface area contributed by atoms with Crippen molar-refractivity contribution in [3.05, 3.63) is 72.8 Å². The molecule has 1 N–H and O–H groups in total. The minimum atomic E-state index is -0.467. The molecule has 4 aromatic rings. The second-order valence-corrected chi connectivity index (χ2v) is 7.96. The summed E-state index contributed by atoms with van der Waals surface area (Å²) in [7, 11) is 3.12. The number of hydrogen-bond donors (Lipinski definition) is 1. The van der Waals surface area contributed by atoms with Crippen LogP contribution in [0.3, 0.4) is 0 Å². The number of carbonyl (C=O) groups excluding carboxylic acids is 1. The molecule has 0 saturated heterocycles. The van der Waals surface area contributed by atoms with Gasteiger partial charge in [0.1, 0.15) is 11.8 Å². The van der Waals surface area contributed by atoms with Gasteiger partial charge < -0.3 is 14.8 Å². The summed E-state index contributed by atoms with van der Waals surface area (Å²) in [6, 6.07) is 24.3. The summed E-state index contributed by atoms with van der Waals surface area (Å²) in [5.41, 5.74) is 2.89. The van der Waals surface area contributed by atoms with Crippen LogP contribution in [0.5, 0.6) is 5.75 Å². The van der Waals surface area contributed by atoms with Gasteiger partial charge in [0, 0.05) is 16.8 Å². The van der Waals surface area contributed by atoms with E-state index in [1.54, 1.807) is 7.11 Å². The van der Waals surface area contributed by atoms with Gasteiger partial charge >= 0.3 is 5.97 Å². The van der Waals surface area contributed by atoms with Gasteiger partial charge in [-0.3, -0.25) is 0 Å². The van der Waals surface area contributed by atoms with E-state index in [2.05, 4.69) is 41.7 Å². The van der Waals surface area contributed by atoms with Crippen LogP contribution in [0.15, 0.2) is 72.8 Å². The third-order valence-corrected chi connectivity index (χ3v) is 5.72. The third-order valence-electron chi connectivity index (χ3n) is 5.72. The Labute approximate surface area is 182 Å². The molecule has 0 amide bonds. The fourth-order valence-electron chi connectivity index (χ4n) is 4.13. The van der Waals surface area contributed by atoms with Gasteiger partial charge in [-0.15, -0.1) is 0 Å². The van der Waals surface area contributed by atoms with E-state index in [4.69, 9.17) is 9.47 Å². The Bertz CT molecular complexity index is 1250. The normalized spacial score (nSPS) is 12.2. The predicted molar refractivity (Wildman–Crippen MR) is 128 cm³/mol. The van der Waals surface area contributed by atoms with Crippen LogP contribution in [0.1, 0.15) is 13.8 Å². The minimum Gasteiger partial charge on any atom is -0.496 e. The van der Waals surface area contributed by atoms with E-state index in [-0.39, 0.29) is 11.9 Å². The summed E-state index contributed by atoms with van der Waals surface area (Å²) in [5.74, 6) is 0.567. The molecule has 0 spiro atoms. The highest BCUT2D eigenvalue weighted by atomic mass is 16.5. The van der Waals surface area contributed by atoms with E-state index in [9.17, 15) is 4.79 Å². The summed E-state index contributed by atoms with van der Waals surface area (Å²) in [5, 5.41) is 7.92.